The highest BCUT2D eigenvalue weighted by Crippen LogP contribution is 2.30. The molecular formula is C20H18ClNO4. The van der Waals surface area contributed by atoms with E-state index >= 15 is 0 Å². The molecule has 0 aliphatic carbocycles. The average molecular weight is 372 g/mol. The molecule has 3 aromatic rings. The summed E-state index contributed by atoms with van der Waals surface area (Å²) in [7, 11) is 0. The second kappa shape index (κ2) is 8.06. The van der Waals surface area contributed by atoms with E-state index in [0.717, 1.165) is 10.9 Å². The summed E-state index contributed by atoms with van der Waals surface area (Å²) in [5.41, 5.74) is 2.20. The smallest absolute Gasteiger partial charge is 0.375 e. The van der Waals surface area contributed by atoms with Crippen LogP contribution in [0.5, 0.6) is 0 Å². The van der Waals surface area contributed by atoms with Crippen LogP contribution in [0.25, 0.3) is 11.0 Å². The number of hydrogen-bond donors (Lipinski definition) is 1. The van der Waals surface area contributed by atoms with Gasteiger partial charge in [-0.2, -0.15) is 0 Å². The van der Waals surface area contributed by atoms with Gasteiger partial charge in [-0.15, -0.1) is 0 Å². The van der Waals surface area contributed by atoms with Crippen LogP contribution in [0.2, 0.25) is 5.02 Å². The fourth-order valence-corrected chi connectivity index (χ4v) is 2.86. The highest BCUT2D eigenvalue weighted by atomic mass is 35.5. The largest absolute Gasteiger partial charge is 0.450 e. The van der Waals surface area contributed by atoms with Gasteiger partial charge in [-0.1, -0.05) is 54.1 Å². The van der Waals surface area contributed by atoms with Crippen molar-refractivity contribution in [1.29, 1.82) is 0 Å². The molecule has 5 nitrogen and oxygen atoms in total. The number of fused-ring (bicyclic) bond motifs is 1. The first kappa shape index (κ1) is 18.0. The van der Waals surface area contributed by atoms with Gasteiger partial charge in [-0.25, -0.2) is 4.79 Å². The Morgan fingerprint density at radius 2 is 1.88 bits per heavy atom. The minimum atomic E-state index is -0.687. The lowest BCUT2D eigenvalue weighted by Crippen LogP contribution is -2.30. The Kier molecular flexibility index (Phi) is 5.58. The van der Waals surface area contributed by atoms with Crippen molar-refractivity contribution in [3.63, 3.8) is 0 Å². The number of carbonyl (C=O) groups excluding carboxylic acids is 2. The fourth-order valence-electron chi connectivity index (χ4n) is 2.64. The van der Waals surface area contributed by atoms with E-state index in [0.29, 0.717) is 29.1 Å². The van der Waals surface area contributed by atoms with E-state index in [-0.39, 0.29) is 18.3 Å². The summed E-state index contributed by atoms with van der Waals surface area (Å²) < 4.78 is 10.6. The van der Waals surface area contributed by atoms with E-state index in [1.165, 1.54) is 0 Å². The van der Waals surface area contributed by atoms with Crippen LogP contribution in [0.4, 0.5) is 0 Å². The van der Waals surface area contributed by atoms with Crippen molar-refractivity contribution in [2.75, 3.05) is 13.2 Å². The van der Waals surface area contributed by atoms with Gasteiger partial charge in [-0.3, -0.25) is 4.79 Å². The van der Waals surface area contributed by atoms with Crippen molar-refractivity contribution in [2.24, 2.45) is 0 Å². The SMILES string of the molecule is Cc1c(C(=O)OCC(=O)NCCc2ccccc2)oc2c(Cl)cccc12. The lowest BCUT2D eigenvalue weighted by atomic mass is 10.1. The van der Waals surface area contributed by atoms with Crippen molar-refractivity contribution in [3.8, 4) is 0 Å². The number of rotatable bonds is 6. The van der Waals surface area contributed by atoms with E-state index in [1.54, 1.807) is 19.1 Å². The number of amides is 1. The van der Waals surface area contributed by atoms with Crippen LogP contribution in [0.15, 0.2) is 52.9 Å². The number of ether oxygens (including phenoxy) is 1. The summed E-state index contributed by atoms with van der Waals surface area (Å²) in [6.45, 7) is 1.86. The summed E-state index contributed by atoms with van der Waals surface area (Å²) in [5.74, 6) is -0.987. The van der Waals surface area contributed by atoms with E-state index in [2.05, 4.69) is 5.32 Å². The third-order valence-corrected chi connectivity index (χ3v) is 4.31. The zero-order chi connectivity index (χ0) is 18.5. The molecule has 0 bridgehead atoms. The molecule has 0 atom stereocenters. The van der Waals surface area contributed by atoms with Gasteiger partial charge in [-0.05, 0) is 25.0 Å². The summed E-state index contributed by atoms with van der Waals surface area (Å²) in [5, 5.41) is 3.89. The van der Waals surface area contributed by atoms with E-state index < -0.39 is 5.97 Å². The maximum Gasteiger partial charge on any atom is 0.375 e. The number of para-hydroxylation sites is 1. The molecule has 26 heavy (non-hydrogen) atoms. The number of benzene rings is 2. The predicted octanol–water partition coefficient (Wildman–Crippen LogP) is 3.91. The van der Waals surface area contributed by atoms with Gasteiger partial charge in [0.05, 0.1) is 5.02 Å². The van der Waals surface area contributed by atoms with Crippen molar-refractivity contribution in [1.82, 2.24) is 5.32 Å². The van der Waals surface area contributed by atoms with Crippen LogP contribution in [-0.4, -0.2) is 25.0 Å². The molecule has 6 heteroatoms. The first-order chi connectivity index (χ1) is 12.6. The number of nitrogens with one attached hydrogen (secondary N) is 1. The molecule has 3 rings (SSSR count). The number of halogens is 1. The number of carbonyl (C=O) groups is 2. The number of furan rings is 1. The second-order valence-corrected chi connectivity index (χ2v) is 6.24. The zero-order valence-electron chi connectivity index (χ0n) is 14.3. The van der Waals surface area contributed by atoms with Crippen LogP contribution >= 0.6 is 11.6 Å². The lowest BCUT2D eigenvalue weighted by Gasteiger charge is -2.06. The number of hydrogen-bond acceptors (Lipinski definition) is 4. The van der Waals surface area contributed by atoms with Gasteiger partial charge in [0.1, 0.15) is 0 Å². The normalized spacial score (nSPS) is 10.7. The molecule has 1 N–H and O–H groups in total. The molecule has 0 spiro atoms. The van der Waals surface area contributed by atoms with Crippen molar-refractivity contribution >= 4 is 34.4 Å². The van der Waals surface area contributed by atoms with Gasteiger partial charge >= 0.3 is 5.97 Å². The minimum absolute atomic E-state index is 0.0604. The Morgan fingerprint density at radius 3 is 2.62 bits per heavy atom. The minimum Gasteiger partial charge on any atom is -0.450 e. The summed E-state index contributed by atoms with van der Waals surface area (Å²) in [6.07, 6.45) is 0.710. The molecule has 0 saturated heterocycles. The Hall–Kier alpha value is -2.79. The van der Waals surface area contributed by atoms with Crippen LogP contribution in [0, 0.1) is 6.92 Å². The highest BCUT2D eigenvalue weighted by molar-refractivity contribution is 6.35. The topological polar surface area (TPSA) is 68.5 Å². The molecule has 0 fully saturated rings. The van der Waals surface area contributed by atoms with E-state index in [9.17, 15) is 9.59 Å². The molecule has 0 aliphatic heterocycles. The van der Waals surface area contributed by atoms with Gasteiger partial charge in [0, 0.05) is 17.5 Å². The van der Waals surface area contributed by atoms with E-state index in [4.69, 9.17) is 20.8 Å². The molecular weight excluding hydrogens is 354 g/mol. The summed E-state index contributed by atoms with van der Waals surface area (Å²) in [6, 6.07) is 15.1. The summed E-state index contributed by atoms with van der Waals surface area (Å²) in [4.78, 5) is 24.0. The standard InChI is InChI=1S/C20H18ClNO4/c1-13-15-8-5-9-16(21)19(15)26-18(13)20(24)25-12-17(23)22-11-10-14-6-3-2-4-7-14/h2-9H,10-12H2,1H3,(H,22,23). The zero-order valence-corrected chi connectivity index (χ0v) is 15.0. The Morgan fingerprint density at radius 1 is 1.12 bits per heavy atom. The molecule has 1 aromatic heterocycles. The summed E-state index contributed by atoms with van der Waals surface area (Å²) >= 11 is 6.07. The molecule has 0 radical (unpaired) electrons. The van der Waals surface area contributed by atoms with Crippen molar-refractivity contribution in [3.05, 3.63) is 70.4 Å². The molecule has 0 saturated carbocycles. The van der Waals surface area contributed by atoms with Gasteiger partial charge in [0.15, 0.2) is 12.2 Å². The predicted molar refractivity (Wildman–Crippen MR) is 99.4 cm³/mol. The molecule has 134 valence electrons. The monoisotopic (exact) mass is 371 g/mol. The van der Waals surface area contributed by atoms with Crippen LogP contribution in [0.1, 0.15) is 21.7 Å². The molecule has 1 amide bonds. The van der Waals surface area contributed by atoms with Gasteiger partial charge < -0.3 is 14.5 Å². The third kappa shape index (κ3) is 4.06. The van der Waals surface area contributed by atoms with Gasteiger partial charge in [0.25, 0.3) is 5.91 Å². The Labute approximate surface area is 155 Å². The number of aryl methyl sites for hydroxylation is 1. The Balaban J connectivity index is 1.53. The first-order valence-corrected chi connectivity index (χ1v) is 8.59. The average Bonchev–Trinajstić information content (AvgIpc) is 2.99. The third-order valence-electron chi connectivity index (χ3n) is 4.01. The van der Waals surface area contributed by atoms with E-state index in [1.807, 2.05) is 36.4 Å². The Bertz CT molecular complexity index is 934. The second-order valence-electron chi connectivity index (χ2n) is 5.83. The van der Waals surface area contributed by atoms with Crippen molar-refractivity contribution < 1.29 is 18.7 Å². The maximum absolute atomic E-state index is 12.2. The fraction of sp³-hybridized carbons (Fsp3) is 0.200. The molecule has 0 aliphatic rings. The highest BCUT2D eigenvalue weighted by Gasteiger charge is 2.21. The maximum atomic E-state index is 12.2. The molecule has 0 unspecified atom stereocenters. The quantitative estimate of drug-likeness (QED) is 0.667. The lowest BCUT2D eigenvalue weighted by molar-refractivity contribution is -0.124. The first-order valence-electron chi connectivity index (χ1n) is 8.21. The number of esters is 1. The van der Waals surface area contributed by atoms with Crippen LogP contribution < -0.4 is 5.32 Å². The van der Waals surface area contributed by atoms with Gasteiger partial charge in [0.2, 0.25) is 5.76 Å². The van der Waals surface area contributed by atoms with Crippen molar-refractivity contribution in [2.45, 2.75) is 13.3 Å². The molecule has 2 aromatic carbocycles. The van der Waals surface area contributed by atoms with Crippen LogP contribution in [-0.2, 0) is 16.0 Å². The van der Waals surface area contributed by atoms with Crippen LogP contribution in [0.3, 0.4) is 0 Å². The molecule has 1 heterocycles.